The summed E-state index contributed by atoms with van der Waals surface area (Å²) in [5.74, 6) is -7.12. The number of hydrogen-bond donors (Lipinski definition) is 1. The van der Waals surface area contributed by atoms with Gasteiger partial charge in [-0.2, -0.15) is 5.06 Å². The topological polar surface area (TPSA) is 128 Å². The molecule has 2 atom stereocenters. The fourth-order valence-electron chi connectivity index (χ4n) is 3.80. The van der Waals surface area contributed by atoms with E-state index in [4.69, 9.17) is 20.0 Å². The van der Waals surface area contributed by atoms with Crippen molar-refractivity contribution < 1.29 is 46.7 Å². The zero-order chi connectivity index (χ0) is 26.8. The Bertz CT molecular complexity index is 1060. The monoisotopic (exact) mass is 515 g/mol. The number of nitrogens with zero attached hydrogens (tertiary/aromatic N) is 2. The number of rotatable bonds is 6. The molecule has 1 aromatic rings. The number of benzene rings is 1. The summed E-state index contributed by atoms with van der Waals surface area (Å²) < 4.78 is 52.0. The molecule has 13 heteroatoms. The number of esters is 1. The minimum absolute atomic E-state index is 0.203. The maximum Gasteiger partial charge on any atom is 0.333 e. The molecule has 36 heavy (non-hydrogen) atoms. The molecule has 0 unspecified atom stereocenters. The van der Waals surface area contributed by atoms with Gasteiger partial charge >= 0.3 is 17.8 Å². The maximum atomic E-state index is 14.0. The minimum Gasteiger partial charge on any atom is -0.426 e. The number of ether oxygens (including phenoxy) is 2. The van der Waals surface area contributed by atoms with Crippen LogP contribution in [0.25, 0.3) is 0 Å². The van der Waals surface area contributed by atoms with E-state index in [0.717, 1.165) is 9.96 Å². The highest BCUT2D eigenvalue weighted by atomic mass is 19.2. The lowest BCUT2D eigenvalue weighted by molar-refractivity contribution is -0.252. The molecule has 0 saturated carbocycles. The summed E-state index contributed by atoms with van der Waals surface area (Å²) in [6, 6.07) is -0.0195. The van der Waals surface area contributed by atoms with Gasteiger partial charge in [-0.3, -0.25) is 19.3 Å². The van der Waals surface area contributed by atoms with E-state index in [1.807, 2.05) is 0 Å². The summed E-state index contributed by atoms with van der Waals surface area (Å²) in [7, 11) is 0. The van der Waals surface area contributed by atoms with Gasteiger partial charge in [0.1, 0.15) is 12.4 Å². The molecule has 1 aromatic carbocycles. The molecule has 2 heterocycles. The Balaban J connectivity index is 1.89. The highest BCUT2D eigenvalue weighted by molar-refractivity contribution is 5.94. The second kappa shape index (κ2) is 10.4. The van der Waals surface area contributed by atoms with Crippen LogP contribution in [0, 0.1) is 17.5 Å². The van der Waals surface area contributed by atoms with Crippen LogP contribution >= 0.6 is 0 Å². The molecule has 2 aliphatic rings. The first kappa shape index (κ1) is 27.4. The average molecular weight is 515 g/mol. The summed E-state index contributed by atoms with van der Waals surface area (Å²) in [5, 5.41) is 0.729. The van der Waals surface area contributed by atoms with Gasteiger partial charge in [0.15, 0.2) is 11.6 Å². The lowest BCUT2D eigenvalue weighted by Gasteiger charge is -2.47. The van der Waals surface area contributed by atoms with E-state index in [-0.39, 0.29) is 31.5 Å². The van der Waals surface area contributed by atoms with Crippen LogP contribution in [0.4, 0.5) is 13.2 Å². The van der Waals surface area contributed by atoms with Crippen molar-refractivity contribution in [3.05, 3.63) is 35.1 Å². The van der Waals surface area contributed by atoms with Crippen LogP contribution in [0.15, 0.2) is 12.1 Å². The molecule has 198 valence electrons. The van der Waals surface area contributed by atoms with Gasteiger partial charge in [0.05, 0.1) is 25.0 Å². The number of fused-ring (bicyclic) bond motifs is 2. The molecule has 0 aliphatic carbocycles. The molecule has 0 radical (unpaired) electrons. The van der Waals surface area contributed by atoms with Crippen LogP contribution in [0.5, 0.6) is 0 Å². The van der Waals surface area contributed by atoms with E-state index < -0.39 is 78.0 Å². The van der Waals surface area contributed by atoms with Gasteiger partial charge < -0.3 is 20.0 Å². The second-order valence-corrected chi connectivity index (χ2v) is 9.60. The zero-order valence-corrected chi connectivity index (χ0v) is 20.1. The maximum absolute atomic E-state index is 14.0. The molecule has 2 aliphatic heterocycles. The third kappa shape index (κ3) is 6.13. The lowest BCUT2D eigenvalue weighted by atomic mass is 10.0. The van der Waals surface area contributed by atoms with Gasteiger partial charge in [-0.25, -0.2) is 18.0 Å². The number of nitrogens with two attached hydrogens (primary N) is 1. The molecule has 2 bridgehead atoms. The molecular formula is C23H28F3N3O7. The van der Waals surface area contributed by atoms with Gasteiger partial charge in [0.25, 0.3) is 5.72 Å². The fraction of sp³-hybridized carbons (Fsp3) is 0.565. The Morgan fingerprint density at radius 3 is 2.39 bits per heavy atom. The molecule has 2 saturated heterocycles. The highest BCUT2D eigenvalue weighted by Crippen LogP contribution is 2.31. The molecule has 2 fully saturated rings. The average Bonchev–Trinajstić information content (AvgIpc) is 2.79. The Kier molecular flexibility index (Phi) is 7.94. The summed E-state index contributed by atoms with van der Waals surface area (Å²) >= 11 is 0. The highest BCUT2D eigenvalue weighted by Gasteiger charge is 2.57. The predicted molar refractivity (Wildman–Crippen MR) is 116 cm³/mol. The van der Waals surface area contributed by atoms with Crippen molar-refractivity contribution in [1.82, 2.24) is 9.96 Å². The SMILES string of the molecule is CC(C)(C)OC[C@]12OC(=O)CCC(=O)ON(CCN1C(=O)C[C@H](N)Cc1cc(F)c(F)cc1F)C2=O. The smallest absolute Gasteiger partial charge is 0.333 e. The fourth-order valence-corrected chi connectivity index (χ4v) is 3.80. The third-order valence-electron chi connectivity index (χ3n) is 5.56. The molecule has 10 nitrogen and oxygen atoms in total. The molecular weight excluding hydrogens is 487 g/mol. The van der Waals surface area contributed by atoms with Crippen LogP contribution in [-0.4, -0.2) is 70.8 Å². The normalized spacial score (nSPS) is 21.8. The van der Waals surface area contributed by atoms with Crippen molar-refractivity contribution in [2.75, 3.05) is 19.7 Å². The van der Waals surface area contributed by atoms with E-state index in [1.165, 1.54) is 0 Å². The van der Waals surface area contributed by atoms with Gasteiger partial charge in [0, 0.05) is 25.1 Å². The van der Waals surface area contributed by atoms with Gasteiger partial charge in [0.2, 0.25) is 5.91 Å². The lowest BCUT2D eigenvalue weighted by Crippen LogP contribution is -2.71. The van der Waals surface area contributed by atoms with Crippen LogP contribution in [0.2, 0.25) is 0 Å². The standard InChI is InChI=1S/C23H28F3N3O7/c1-22(2,3)34-12-23-21(33)29(36-20(32)5-4-19(31)35-23)7-6-28(23)18(30)10-14(27)8-13-9-16(25)17(26)11-15(13)24/h9,11,14H,4-8,10,12,27H2,1-3H3/t14-,23-/m1/s1. The zero-order valence-electron chi connectivity index (χ0n) is 20.1. The Hall–Kier alpha value is -3.19. The van der Waals surface area contributed by atoms with Crippen molar-refractivity contribution >= 4 is 23.8 Å². The van der Waals surface area contributed by atoms with Crippen molar-refractivity contribution in [3.8, 4) is 0 Å². The number of hydroxylamine groups is 2. The molecule has 0 spiro atoms. The molecule has 2 N–H and O–H groups in total. The van der Waals surface area contributed by atoms with Gasteiger partial charge in [-0.05, 0) is 38.8 Å². The van der Waals surface area contributed by atoms with Gasteiger partial charge in [-0.15, -0.1) is 0 Å². The Morgan fingerprint density at radius 2 is 1.72 bits per heavy atom. The van der Waals surface area contributed by atoms with E-state index >= 15 is 0 Å². The van der Waals surface area contributed by atoms with Crippen molar-refractivity contribution in [2.45, 2.75) is 63.8 Å². The van der Waals surface area contributed by atoms with E-state index in [2.05, 4.69) is 0 Å². The number of hydrogen-bond acceptors (Lipinski definition) is 8. The number of carbonyl (C=O) groups excluding carboxylic acids is 4. The largest absolute Gasteiger partial charge is 0.426 e. The van der Waals surface area contributed by atoms with E-state index in [1.54, 1.807) is 20.8 Å². The van der Waals surface area contributed by atoms with Crippen molar-refractivity contribution in [1.29, 1.82) is 0 Å². The van der Waals surface area contributed by atoms with Gasteiger partial charge in [-0.1, -0.05) is 0 Å². The molecule has 3 rings (SSSR count). The quantitative estimate of drug-likeness (QED) is 0.444. The number of halogens is 3. The Morgan fingerprint density at radius 1 is 1.08 bits per heavy atom. The second-order valence-electron chi connectivity index (χ2n) is 9.60. The summed E-state index contributed by atoms with van der Waals surface area (Å²) in [6.45, 7) is 4.08. The minimum atomic E-state index is -2.28. The first-order valence-electron chi connectivity index (χ1n) is 11.3. The van der Waals surface area contributed by atoms with E-state index in [9.17, 15) is 32.3 Å². The number of amides is 2. The first-order chi connectivity index (χ1) is 16.7. The predicted octanol–water partition coefficient (Wildman–Crippen LogP) is 1.34. The molecule has 2 amide bonds. The van der Waals surface area contributed by atoms with Crippen LogP contribution < -0.4 is 5.73 Å². The number of piperazine rings is 1. The van der Waals surface area contributed by atoms with E-state index in [0.29, 0.717) is 12.1 Å². The van der Waals surface area contributed by atoms with Crippen LogP contribution in [-0.2, 0) is 39.9 Å². The third-order valence-corrected chi connectivity index (χ3v) is 5.56. The van der Waals surface area contributed by atoms with Crippen LogP contribution in [0.1, 0.15) is 45.6 Å². The summed E-state index contributed by atoms with van der Waals surface area (Å²) in [4.78, 5) is 57.3. The van der Waals surface area contributed by atoms with Crippen molar-refractivity contribution in [3.63, 3.8) is 0 Å². The van der Waals surface area contributed by atoms with Crippen LogP contribution in [0.3, 0.4) is 0 Å². The molecule has 0 aromatic heterocycles. The summed E-state index contributed by atoms with van der Waals surface area (Å²) in [6.07, 6.45) is -1.50. The first-order valence-corrected chi connectivity index (χ1v) is 11.3. The van der Waals surface area contributed by atoms with Crippen molar-refractivity contribution in [2.24, 2.45) is 5.73 Å². The number of carbonyl (C=O) groups is 4. The Labute approximate surface area is 205 Å². The summed E-state index contributed by atoms with van der Waals surface area (Å²) in [5.41, 5.74) is 2.69.